The Balaban J connectivity index is -0.000000125. The Morgan fingerprint density at radius 3 is 0.351 bits per heavy atom. The zero-order valence-corrected chi connectivity index (χ0v) is 31.0. The molecule has 0 aromatic heterocycles. The van der Waals surface area contributed by atoms with Crippen molar-refractivity contribution in [3.63, 3.8) is 0 Å². The Kier molecular flexibility index (Phi) is 25.7. The predicted molar refractivity (Wildman–Crippen MR) is 130 cm³/mol. The molecule has 0 heterocycles. The van der Waals surface area contributed by atoms with Gasteiger partial charge in [-0.1, -0.05) is 0 Å². The largest absolute Gasteiger partial charge is 2.00 e. The first kappa shape index (κ1) is 69.2. The van der Waals surface area contributed by atoms with Gasteiger partial charge < -0.3 is 29.4 Å². The number of halogens is 24. The average Bonchev–Trinajstić information content (AvgIpc) is 2.80. The van der Waals surface area contributed by atoms with Crippen LogP contribution < -0.4 is 20.4 Å². The van der Waals surface area contributed by atoms with Gasteiger partial charge in [-0.15, -0.1) is 0 Å². The van der Waals surface area contributed by atoms with Crippen LogP contribution in [0.25, 0.3) is 0 Å². The van der Waals surface area contributed by atoms with Crippen LogP contribution in [0.3, 0.4) is 0 Å². The van der Waals surface area contributed by atoms with Gasteiger partial charge in [0.25, 0.3) is 0 Å². The van der Waals surface area contributed by atoms with Crippen molar-refractivity contribution in [2.24, 2.45) is 0 Å². The van der Waals surface area contributed by atoms with Crippen molar-refractivity contribution in [2.75, 3.05) is 56.4 Å². The Labute approximate surface area is 317 Å². The normalized spacial score (nSPS) is 14.0. The van der Waals surface area contributed by atoms with E-state index in [4.69, 9.17) is 10.5 Å². The number of alkyl halides is 24. The van der Waals surface area contributed by atoms with Crippen LogP contribution in [0.15, 0.2) is 0 Å². The molecule has 0 saturated carbocycles. The topological polar surface area (TPSA) is 140 Å². The monoisotopic (exact) mass is 950 g/mol. The van der Waals surface area contributed by atoms with Crippen LogP contribution in [0.5, 0.6) is 0 Å². The van der Waals surface area contributed by atoms with Gasteiger partial charge in [-0.25, -0.2) is 0 Å². The SMILES string of the molecule is CC#N.CC#N.C[N+](C)(C)C.C[N+](C)(C)C.[Fe+2].[O-]C(C(F)(F)F)(C(F)(F)F)C([O-])(C(F)(F)F)C(F)(F)F.[O-]C(C(F)(F)F)(C(F)(F)F)C([O-])(C(F)(F)F)C(F)(F)F. The van der Waals surface area contributed by atoms with E-state index in [-0.39, 0.29) is 17.1 Å². The maximum absolute atomic E-state index is 11.9. The molecule has 33 heteroatoms. The molecule has 0 N–H and O–H groups in total. The maximum Gasteiger partial charge on any atom is 2.00 e. The fourth-order valence-corrected chi connectivity index (χ4v) is 2.24. The number of hydrogen-bond acceptors (Lipinski definition) is 6. The molecular formula is C24H30F24FeN4O4. The summed E-state index contributed by atoms with van der Waals surface area (Å²) >= 11 is 0. The van der Waals surface area contributed by atoms with Crippen molar-refractivity contribution in [3.05, 3.63) is 0 Å². The van der Waals surface area contributed by atoms with Crippen molar-refractivity contribution in [3.8, 4) is 12.1 Å². The van der Waals surface area contributed by atoms with Gasteiger partial charge in [-0.05, 0) is 0 Å². The summed E-state index contributed by atoms with van der Waals surface area (Å²) in [5.74, 6) is 0. The van der Waals surface area contributed by atoms with Crippen LogP contribution in [0.1, 0.15) is 13.8 Å². The first-order chi connectivity index (χ1) is 23.3. The van der Waals surface area contributed by atoms with Crippen LogP contribution in [0.2, 0.25) is 0 Å². The van der Waals surface area contributed by atoms with Crippen molar-refractivity contribution in [1.82, 2.24) is 0 Å². The van der Waals surface area contributed by atoms with E-state index in [1.54, 1.807) is 12.1 Å². The standard InChI is InChI=1S/2C6F12O2.2C4H12N.2C2H3N.Fe/c2*7-3(8,9)1(19,4(10,11)12)2(20,5(13,14)15)6(16,17)18;2*1-5(2,3)4;2*1-2-3;/h;;2*1-4H3;2*1H3;/q2*-2;2*+1;;;+2. The second-order valence-corrected chi connectivity index (χ2v) is 12.5. The minimum absolute atomic E-state index is 0. The maximum atomic E-state index is 11.9. The zero-order chi connectivity index (χ0) is 48.4. The van der Waals surface area contributed by atoms with Crippen molar-refractivity contribution in [1.29, 1.82) is 10.5 Å². The second-order valence-electron chi connectivity index (χ2n) is 12.5. The molecule has 0 atom stereocenters. The van der Waals surface area contributed by atoms with E-state index in [0.717, 1.165) is 8.97 Å². The number of nitrogens with zero attached hydrogens (tertiary/aromatic N) is 4. The third-order valence-electron chi connectivity index (χ3n) is 4.19. The summed E-state index contributed by atoms with van der Waals surface area (Å²) in [5.41, 5.74) is -31.4. The molecule has 0 aromatic carbocycles. The van der Waals surface area contributed by atoms with Gasteiger partial charge in [0.15, 0.2) is 0 Å². The molecule has 0 aliphatic heterocycles. The number of rotatable bonds is 2. The van der Waals surface area contributed by atoms with Crippen LogP contribution in [0.4, 0.5) is 105 Å². The van der Waals surface area contributed by atoms with E-state index in [9.17, 15) is 126 Å². The molecule has 0 aliphatic rings. The Bertz CT molecular complexity index is 1000. The summed E-state index contributed by atoms with van der Waals surface area (Å²) in [6, 6.07) is 3.50. The zero-order valence-electron chi connectivity index (χ0n) is 29.8. The first-order valence-corrected chi connectivity index (χ1v) is 12.9. The Morgan fingerprint density at radius 1 is 0.298 bits per heavy atom. The minimum atomic E-state index is -7.86. The van der Waals surface area contributed by atoms with E-state index in [1.165, 1.54) is 13.8 Å². The second kappa shape index (κ2) is 21.2. The van der Waals surface area contributed by atoms with E-state index >= 15 is 0 Å². The summed E-state index contributed by atoms with van der Waals surface area (Å²) in [6.07, 6.45) is -61.6. The summed E-state index contributed by atoms with van der Waals surface area (Å²) in [5, 5.41) is 56.5. The molecule has 0 aliphatic carbocycles. The van der Waals surface area contributed by atoms with Gasteiger partial charge in [-0.3, -0.25) is 0 Å². The molecule has 0 radical (unpaired) electrons. The minimum Gasteiger partial charge on any atom is -0.837 e. The molecule has 0 rings (SSSR count). The van der Waals surface area contributed by atoms with Crippen LogP contribution in [0, 0.1) is 22.7 Å². The fourth-order valence-electron chi connectivity index (χ4n) is 2.24. The smallest absolute Gasteiger partial charge is 0.837 e. The molecule has 0 unspecified atom stereocenters. The number of quaternary nitrogens is 2. The summed E-state index contributed by atoms with van der Waals surface area (Å²) < 4.78 is 288. The molecule has 0 spiro atoms. The molecule has 0 saturated heterocycles. The number of hydrogen-bond donors (Lipinski definition) is 0. The van der Waals surface area contributed by atoms with Crippen LogP contribution in [-0.4, -0.2) is 137 Å². The molecule has 8 nitrogen and oxygen atoms in total. The van der Waals surface area contributed by atoms with Gasteiger partial charge in [0.05, 0.1) is 90.9 Å². The van der Waals surface area contributed by atoms with Gasteiger partial charge in [-0.2, -0.15) is 116 Å². The predicted octanol–water partition coefficient (Wildman–Crippen LogP) is 4.57. The molecule has 57 heavy (non-hydrogen) atoms. The molecule has 0 aromatic rings. The molecule has 346 valence electrons. The fraction of sp³-hybridized carbons (Fsp3) is 0.917. The summed E-state index contributed by atoms with van der Waals surface area (Å²) in [4.78, 5) is 0. The van der Waals surface area contributed by atoms with Crippen LogP contribution >= 0.6 is 0 Å². The molecule has 0 bridgehead atoms. The summed E-state index contributed by atoms with van der Waals surface area (Å²) in [6.45, 7) is 2.86. The van der Waals surface area contributed by atoms with E-state index in [1.807, 2.05) is 0 Å². The Morgan fingerprint density at radius 2 is 0.333 bits per heavy atom. The van der Waals surface area contributed by atoms with Gasteiger partial charge in [0.2, 0.25) is 0 Å². The van der Waals surface area contributed by atoms with E-state index < -0.39 is 71.8 Å². The van der Waals surface area contributed by atoms with Crippen molar-refractivity contribution in [2.45, 2.75) is 85.7 Å². The molecular weight excluding hydrogens is 920 g/mol. The van der Waals surface area contributed by atoms with Gasteiger partial charge in [0, 0.05) is 13.8 Å². The quantitative estimate of drug-likeness (QED) is 0.226. The van der Waals surface area contributed by atoms with Crippen molar-refractivity contribution < 1.29 is 152 Å². The number of nitriles is 2. The summed E-state index contributed by atoms with van der Waals surface area (Å²) in [7, 11) is 17.0. The van der Waals surface area contributed by atoms with E-state index in [0.29, 0.717) is 0 Å². The first-order valence-electron chi connectivity index (χ1n) is 12.9. The third-order valence-corrected chi connectivity index (χ3v) is 4.19. The molecule has 0 fully saturated rings. The Hall–Kier alpha value is -2.42. The van der Waals surface area contributed by atoms with E-state index in [2.05, 4.69) is 56.4 Å². The van der Waals surface area contributed by atoms with Gasteiger partial charge >= 0.3 is 66.5 Å². The third kappa shape index (κ3) is 18.6. The van der Waals surface area contributed by atoms with Gasteiger partial charge in [0.1, 0.15) is 0 Å². The molecule has 0 amide bonds. The van der Waals surface area contributed by atoms with Crippen molar-refractivity contribution >= 4 is 0 Å². The average molecular weight is 950 g/mol. The van der Waals surface area contributed by atoms with Crippen LogP contribution in [-0.2, 0) is 17.1 Å².